The molecule has 4 aliphatic rings. The van der Waals surface area contributed by atoms with Gasteiger partial charge in [-0.05, 0) is 73.0 Å². The van der Waals surface area contributed by atoms with Gasteiger partial charge in [0.2, 0.25) is 0 Å². The van der Waals surface area contributed by atoms with Crippen LogP contribution in [0.4, 0.5) is 0 Å². The standard InChI is InChI=1S/C23H34O3/c1-5-15-6-7-18-21-19(9-11-22(15,18)3)23(4)10-8-17(26-14(2)24)12-16(23)13-20(21)25/h5,13,15,17-21,25H,1,6-12H2,2-4H3/t15-,17+,18-,19-,20+,21-,22+,23-/m0/s1. The molecule has 26 heavy (non-hydrogen) atoms. The molecule has 0 bridgehead atoms. The highest BCUT2D eigenvalue weighted by Crippen LogP contribution is 2.66. The van der Waals surface area contributed by atoms with Crippen LogP contribution in [0.25, 0.3) is 0 Å². The molecule has 144 valence electrons. The number of aliphatic hydroxyl groups is 1. The molecule has 0 aromatic heterocycles. The first-order valence-corrected chi connectivity index (χ1v) is 10.5. The maximum atomic E-state index is 11.4. The number of esters is 1. The normalized spacial score (nSPS) is 50.1. The lowest BCUT2D eigenvalue weighted by molar-refractivity contribution is -0.149. The van der Waals surface area contributed by atoms with Crippen LogP contribution >= 0.6 is 0 Å². The van der Waals surface area contributed by atoms with Crippen LogP contribution in [0.1, 0.15) is 65.7 Å². The third kappa shape index (κ3) is 2.53. The van der Waals surface area contributed by atoms with Crippen molar-refractivity contribution in [3.8, 4) is 0 Å². The van der Waals surface area contributed by atoms with E-state index in [9.17, 15) is 9.90 Å². The molecule has 0 aromatic carbocycles. The predicted octanol–water partition coefficient (Wildman–Crippen LogP) is 4.65. The Morgan fingerprint density at radius 2 is 2.00 bits per heavy atom. The minimum absolute atomic E-state index is 0.0129. The smallest absolute Gasteiger partial charge is 0.302 e. The van der Waals surface area contributed by atoms with Gasteiger partial charge in [0.1, 0.15) is 6.10 Å². The number of fused-ring (bicyclic) bond motifs is 5. The van der Waals surface area contributed by atoms with Gasteiger partial charge < -0.3 is 9.84 Å². The number of allylic oxidation sites excluding steroid dienone is 1. The topological polar surface area (TPSA) is 46.5 Å². The summed E-state index contributed by atoms with van der Waals surface area (Å²) in [6.07, 6.45) is 11.7. The first-order chi connectivity index (χ1) is 12.3. The van der Waals surface area contributed by atoms with E-state index in [1.807, 2.05) is 0 Å². The Morgan fingerprint density at radius 3 is 2.69 bits per heavy atom. The molecule has 0 unspecified atom stereocenters. The van der Waals surface area contributed by atoms with E-state index in [0.717, 1.165) is 19.3 Å². The molecule has 0 amide bonds. The fraction of sp³-hybridized carbons (Fsp3) is 0.783. The average molecular weight is 359 g/mol. The summed E-state index contributed by atoms with van der Waals surface area (Å²) in [5.41, 5.74) is 1.81. The molecule has 0 aromatic rings. The third-order valence-electron chi connectivity index (χ3n) is 8.77. The van der Waals surface area contributed by atoms with E-state index in [4.69, 9.17) is 4.74 Å². The van der Waals surface area contributed by atoms with Crippen LogP contribution in [0.5, 0.6) is 0 Å². The number of carbonyl (C=O) groups excluding carboxylic acids is 1. The number of hydrogen-bond donors (Lipinski definition) is 1. The van der Waals surface area contributed by atoms with Crippen LogP contribution in [-0.4, -0.2) is 23.3 Å². The van der Waals surface area contributed by atoms with E-state index in [1.165, 1.54) is 38.2 Å². The molecule has 0 heterocycles. The Balaban J connectivity index is 1.64. The third-order valence-corrected chi connectivity index (χ3v) is 8.77. The van der Waals surface area contributed by atoms with Gasteiger partial charge in [0.15, 0.2) is 0 Å². The van der Waals surface area contributed by atoms with Crippen molar-refractivity contribution in [2.75, 3.05) is 0 Å². The summed E-state index contributed by atoms with van der Waals surface area (Å²) in [5, 5.41) is 11.1. The van der Waals surface area contributed by atoms with E-state index < -0.39 is 0 Å². The summed E-state index contributed by atoms with van der Waals surface area (Å²) >= 11 is 0. The van der Waals surface area contributed by atoms with Gasteiger partial charge in [0.25, 0.3) is 0 Å². The van der Waals surface area contributed by atoms with Gasteiger partial charge in [-0.15, -0.1) is 6.58 Å². The second kappa shape index (κ2) is 6.22. The molecule has 8 atom stereocenters. The Hall–Kier alpha value is -1.09. The first kappa shape index (κ1) is 18.3. The zero-order chi connectivity index (χ0) is 18.7. The van der Waals surface area contributed by atoms with Gasteiger partial charge in [0, 0.05) is 13.3 Å². The zero-order valence-electron chi connectivity index (χ0n) is 16.5. The van der Waals surface area contributed by atoms with Crippen molar-refractivity contribution in [1.82, 2.24) is 0 Å². The van der Waals surface area contributed by atoms with Crippen LogP contribution in [0.2, 0.25) is 0 Å². The molecular formula is C23H34O3. The lowest BCUT2D eigenvalue weighted by atomic mass is 9.47. The maximum Gasteiger partial charge on any atom is 0.302 e. The Labute approximate surface area is 157 Å². The van der Waals surface area contributed by atoms with E-state index in [-0.39, 0.29) is 23.6 Å². The molecule has 3 heteroatoms. The highest BCUT2D eigenvalue weighted by Gasteiger charge is 2.60. The van der Waals surface area contributed by atoms with Gasteiger partial charge in [-0.3, -0.25) is 4.79 Å². The highest BCUT2D eigenvalue weighted by atomic mass is 16.5. The van der Waals surface area contributed by atoms with Crippen LogP contribution in [0.3, 0.4) is 0 Å². The van der Waals surface area contributed by atoms with Crippen molar-refractivity contribution < 1.29 is 14.6 Å². The molecule has 1 N–H and O–H groups in total. The molecule has 3 saturated carbocycles. The predicted molar refractivity (Wildman–Crippen MR) is 102 cm³/mol. The van der Waals surface area contributed by atoms with Gasteiger partial charge in [0.05, 0.1) is 6.10 Å². The van der Waals surface area contributed by atoms with Crippen LogP contribution in [0.15, 0.2) is 24.3 Å². The summed E-state index contributed by atoms with van der Waals surface area (Å²) in [4.78, 5) is 11.4. The van der Waals surface area contributed by atoms with E-state index in [0.29, 0.717) is 29.1 Å². The summed E-state index contributed by atoms with van der Waals surface area (Å²) in [7, 11) is 0. The van der Waals surface area contributed by atoms with Gasteiger partial charge in [-0.25, -0.2) is 0 Å². The molecule has 0 spiro atoms. The second-order valence-electron chi connectivity index (χ2n) is 9.83. The molecule has 0 aliphatic heterocycles. The van der Waals surface area contributed by atoms with E-state index in [1.54, 1.807) is 0 Å². The van der Waals surface area contributed by atoms with Crippen molar-refractivity contribution in [3.63, 3.8) is 0 Å². The number of ether oxygens (including phenoxy) is 1. The summed E-state index contributed by atoms with van der Waals surface area (Å²) < 4.78 is 5.50. The quantitative estimate of drug-likeness (QED) is 0.577. The minimum atomic E-state index is -0.354. The van der Waals surface area contributed by atoms with Crippen molar-refractivity contribution in [3.05, 3.63) is 24.3 Å². The van der Waals surface area contributed by atoms with Gasteiger partial charge >= 0.3 is 5.97 Å². The van der Waals surface area contributed by atoms with Crippen molar-refractivity contribution >= 4 is 5.97 Å². The summed E-state index contributed by atoms with van der Waals surface area (Å²) in [6, 6.07) is 0. The zero-order valence-corrected chi connectivity index (χ0v) is 16.5. The SMILES string of the molecule is C=C[C@H]1CC[C@H]2[C@@H]3[C@H](O)C=C4C[C@H](OC(C)=O)CC[C@]4(C)[C@H]3CC[C@]12C. The van der Waals surface area contributed by atoms with Crippen LogP contribution < -0.4 is 0 Å². The highest BCUT2D eigenvalue weighted by molar-refractivity contribution is 5.66. The summed E-state index contributed by atoms with van der Waals surface area (Å²) in [6.45, 7) is 10.4. The van der Waals surface area contributed by atoms with E-state index >= 15 is 0 Å². The molecular weight excluding hydrogens is 324 g/mol. The lowest BCUT2D eigenvalue weighted by Crippen LogP contribution is -2.54. The second-order valence-corrected chi connectivity index (χ2v) is 9.83. The monoisotopic (exact) mass is 358 g/mol. The number of aliphatic hydroxyl groups excluding tert-OH is 1. The van der Waals surface area contributed by atoms with Gasteiger partial charge in [-0.2, -0.15) is 0 Å². The average Bonchev–Trinajstić information content (AvgIpc) is 2.92. The van der Waals surface area contributed by atoms with Crippen molar-refractivity contribution in [1.29, 1.82) is 0 Å². The molecule has 4 aliphatic carbocycles. The van der Waals surface area contributed by atoms with Gasteiger partial charge in [-0.1, -0.05) is 31.6 Å². The Kier molecular flexibility index (Phi) is 4.38. The number of hydrogen-bond acceptors (Lipinski definition) is 3. The first-order valence-electron chi connectivity index (χ1n) is 10.5. The maximum absolute atomic E-state index is 11.4. The largest absolute Gasteiger partial charge is 0.462 e. The molecule has 0 saturated heterocycles. The van der Waals surface area contributed by atoms with Crippen LogP contribution in [0, 0.1) is 34.5 Å². The Bertz CT molecular complexity index is 637. The fourth-order valence-electron chi connectivity index (χ4n) is 7.38. The molecule has 3 nitrogen and oxygen atoms in total. The van der Waals surface area contributed by atoms with E-state index in [2.05, 4.69) is 32.6 Å². The fourth-order valence-corrected chi connectivity index (χ4v) is 7.38. The number of carbonyl (C=O) groups is 1. The van der Waals surface area contributed by atoms with Crippen molar-refractivity contribution in [2.24, 2.45) is 34.5 Å². The lowest BCUT2D eigenvalue weighted by Gasteiger charge is -2.59. The molecule has 3 fully saturated rings. The molecule has 0 radical (unpaired) electrons. The Morgan fingerprint density at radius 1 is 1.23 bits per heavy atom. The van der Waals surface area contributed by atoms with Crippen LogP contribution in [-0.2, 0) is 9.53 Å². The summed E-state index contributed by atoms with van der Waals surface area (Å²) in [5.74, 6) is 1.93. The van der Waals surface area contributed by atoms with Crippen molar-refractivity contribution in [2.45, 2.75) is 77.9 Å². The number of rotatable bonds is 2. The minimum Gasteiger partial charge on any atom is -0.462 e. The molecule has 4 rings (SSSR count).